The van der Waals surface area contributed by atoms with E-state index in [0.717, 1.165) is 80.2 Å². The van der Waals surface area contributed by atoms with Crippen molar-refractivity contribution >= 4 is 34.0 Å². The minimum absolute atomic E-state index is 0.169. The first kappa shape index (κ1) is 22.1. The first-order chi connectivity index (χ1) is 17.5. The van der Waals surface area contributed by atoms with Gasteiger partial charge < -0.3 is 19.3 Å². The zero-order chi connectivity index (χ0) is 24.5. The Balaban J connectivity index is 1.43. The lowest BCUT2D eigenvalue weighted by Crippen LogP contribution is -2.63. The normalized spacial score (nSPS) is 24.3. The number of ether oxygens (including phenoxy) is 2. The maximum absolute atomic E-state index is 14.8. The van der Waals surface area contributed by atoms with Crippen LogP contribution >= 0.6 is 0 Å². The molecular weight excluding hydrogens is 453 g/mol. The fraction of sp³-hybridized carbons (Fsp3) is 0.433. The van der Waals surface area contributed by atoms with Crippen molar-refractivity contribution in [2.75, 3.05) is 43.2 Å². The smallest absolute Gasteiger partial charge is 0.229 e. The third-order valence-corrected chi connectivity index (χ3v) is 8.99. The topological polar surface area (TPSA) is 37.3 Å². The number of rotatable bonds is 1. The summed E-state index contributed by atoms with van der Waals surface area (Å²) < 4.78 is 27.6. The summed E-state index contributed by atoms with van der Waals surface area (Å²) in [5, 5.41) is 2.28. The minimum Gasteiger partial charge on any atom is -0.459 e. The lowest BCUT2D eigenvalue weighted by molar-refractivity contribution is 0.0400. The number of morpholine rings is 1. The number of aliphatic imine (C=N–C) groups is 1. The maximum atomic E-state index is 14.8. The summed E-state index contributed by atoms with van der Waals surface area (Å²) in [5.74, 6) is 0.636. The van der Waals surface area contributed by atoms with Gasteiger partial charge in [0.05, 0.1) is 24.8 Å². The number of hydrogen-bond donors (Lipinski definition) is 0. The van der Waals surface area contributed by atoms with Gasteiger partial charge in [-0.3, -0.25) is 4.99 Å². The fourth-order valence-corrected chi connectivity index (χ4v) is 7.12. The predicted octanol–water partition coefficient (Wildman–Crippen LogP) is 6.27. The largest absolute Gasteiger partial charge is 0.459 e. The Morgan fingerprint density at radius 3 is 2.47 bits per heavy atom. The standard InChI is InChI=1S/C30H32FN3O2/c1-20-16-23-26(17-24(20)31)33(2)30(29(23)10-6-3-7-11-29)19-32-28-22-9-5-4-8-21(22)25(18-27(28)36-30)34-12-14-35-15-13-34/h4-5,8-9,16-19H,3,6-7,10-15H2,1-2H3. The van der Waals surface area contributed by atoms with Gasteiger partial charge in [0.1, 0.15) is 11.5 Å². The van der Waals surface area contributed by atoms with Crippen molar-refractivity contribution in [3.8, 4) is 5.75 Å². The molecule has 3 heterocycles. The van der Waals surface area contributed by atoms with Crippen LogP contribution in [0.1, 0.15) is 43.2 Å². The lowest BCUT2D eigenvalue weighted by Gasteiger charge is -2.50. The molecule has 0 amide bonds. The zero-order valence-electron chi connectivity index (χ0n) is 21.0. The molecule has 1 aliphatic carbocycles. The average molecular weight is 486 g/mol. The summed E-state index contributed by atoms with van der Waals surface area (Å²) in [4.78, 5) is 9.68. The van der Waals surface area contributed by atoms with Gasteiger partial charge in [-0.25, -0.2) is 4.39 Å². The van der Waals surface area contributed by atoms with Crippen molar-refractivity contribution in [3.63, 3.8) is 0 Å². The Hall–Kier alpha value is -3.12. The second kappa shape index (κ2) is 7.94. The highest BCUT2D eigenvalue weighted by Crippen LogP contribution is 2.60. The van der Waals surface area contributed by atoms with Crippen molar-refractivity contribution in [3.05, 3.63) is 59.4 Å². The van der Waals surface area contributed by atoms with Crippen LogP contribution in [0.25, 0.3) is 10.8 Å². The van der Waals surface area contributed by atoms with E-state index in [9.17, 15) is 4.39 Å². The van der Waals surface area contributed by atoms with Gasteiger partial charge in [-0.15, -0.1) is 0 Å². The van der Waals surface area contributed by atoms with Gasteiger partial charge in [0.2, 0.25) is 5.72 Å². The third kappa shape index (κ3) is 2.88. The Bertz CT molecular complexity index is 1390. The molecule has 7 rings (SSSR count). The van der Waals surface area contributed by atoms with E-state index in [4.69, 9.17) is 14.5 Å². The van der Waals surface area contributed by atoms with Gasteiger partial charge in [0.15, 0.2) is 5.75 Å². The van der Waals surface area contributed by atoms with Crippen molar-refractivity contribution in [2.24, 2.45) is 4.99 Å². The van der Waals surface area contributed by atoms with Crippen LogP contribution in [0.15, 0.2) is 47.5 Å². The number of hydrogen-bond acceptors (Lipinski definition) is 5. The summed E-state index contributed by atoms with van der Waals surface area (Å²) in [6.45, 7) is 5.01. The second-order valence-electron chi connectivity index (χ2n) is 10.8. The number of likely N-dealkylation sites (N-methyl/N-ethyl adjacent to an activating group) is 1. The number of nitrogens with zero attached hydrogens (tertiary/aromatic N) is 3. The maximum Gasteiger partial charge on any atom is 0.229 e. The number of halogens is 1. The quantitative estimate of drug-likeness (QED) is 0.407. The summed E-state index contributed by atoms with van der Waals surface area (Å²) >= 11 is 0. The molecule has 1 saturated carbocycles. The number of aryl methyl sites for hydroxylation is 1. The Morgan fingerprint density at radius 1 is 0.944 bits per heavy atom. The molecule has 5 nitrogen and oxygen atoms in total. The Labute approximate surface area is 211 Å². The highest BCUT2D eigenvalue weighted by atomic mass is 19.1. The predicted molar refractivity (Wildman–Crippen MR) is 143 cm³/mol. The minimum atomic E-state index is -0.784. The van der Waals surface area contributed by atoms with Gasteiger partial charge in [-0.2, -0.15) is 0 Å². The van der Waals surface area contributed by atoms with Crippen LogP contribution in [0.2, 0.25) is 0 Å². The van der Waals surface area contributed by atoms with Crippen LogP contribution in [0, 0.1) is 12.7 Å². The number of anilines is 2. The molecule has 1 saturated heterocycles. The number of fused-ring (bicyclic) bond motifs is 6. The van der Waals surface area contributed by atoms with Crippen LogP contribution in [-0.4, -0.2) is 45.3 Å². The molecule has 0 bridgehead atoms. The molecule has 1 unspecified atom stereocenters. The van der Waals surface area contributed by atoms with Crippen LogP contribution in [-0.2, 0) is 10.2 Å². The molecule has 0 radical (unpaired) electrons. The van der Waals surface area contributed by atoms with Crippen molar-refractivity contribution < 1.29 is 13.9 Å². The van der Waals surface area contributed by atoms with Crippen LogP contribution in [0.4, 0.5) is 21.5 Å². The van der Waals surface area contributed by atoms with Gasteiger partial charge >= 0.3 is 0 Å². The summed E-state index contributed by atoms with van der Waals surface area (Å²) in [5.41, 5.74) is 3.81. The van der Waals surface area contributed by atoms with E-state index in [0.29, 0.717) is 5.56 Å². The zero-order valence-corrected chi connectivity index (χ0v) is 21.0. The van der Waals surface area contributed by atoms with Crippen LogP contribution in [0.3, 0.4) is 0 Å². The molecule has 3 aromatic carbocycles. The van der Waals surface area contributed by atoms with E-state index < -0.39 is 5.72 Å². The molecule has 2 spiro atoms. The Kier molecular flexibility index (Phi) is 4.88. The van der Waals surface area contributed by atoms with Gasteiger partial charge in [0, 0.05) is 48.4 Å². The molecule has 2 fully saturated rings. The van der Waals surface area contributed by atoms with E-state index in [-0.39, 0.29) is 11.2 Å². The molecular formula is C30H32FN3O2. The molecule has 0 aromatic heterocycles. The molecule has 6 heteroatoms. The molecule has 186 valence electrons. The van der Waals surface area contributed by atoms with E-state index in [1.807, 2.05) is 20.2 Å². The summed E-state index contributed by atoms with van der Waals surface area (Å²) in [6.07, 6.45) is 7.51. The van der Waals surface area contributed by atoms with E-state index >= 15 is 0 Å². The van der Waals surface area contributed by atoms with Crippen LogP contribution < -0.4 is 14.5 Å². The SMILES string of the molecule is Cc1cc2c(cc1F)N(C)C1(C=Nc3c(cc(N4CCOCC4)c4ccccc34)O1)C21CCCCC1. The molecule has 3 aromatic rings. The summed E-state index contributed by atoms with van der Waals surface area (Å²) in [7, 11) is 2.04. The number of benzene rings is 3. The lowest BCUT2D eigenvalue weighted by atomic mass is 9.64. The van der Waals surface area contributed by atoms with Crippen molar-refractivity contribution in [1.29, 1.82) is 0 Å². The summed E-state index contributed by atoms with van der Waals surface area (Å²) in [6, 6.07) is 14.4. The first-order valence-electron chi connectivity index (χ1n) is 13.2. The highest BCUT2D eigenvalue weighted by Gasteiger charge is 2.63. The first-order valence-corrected chi connectivity index (χ1v) is 13.2. The molecule has 36 heavy (non-hydrogen) atoms. The van der Waals surface area contributed by atoms with E-state index in [2.05, 4.69) is 46.2 Å². The molecule has 0 N–H and O–H groups in total. The third-order valence-electron chi connectivity index (χ3n) is 8.99. The molecule has 1 atom stereocenters. The second-order valence-corrected chi connectivity index (χ2v) is 10.8. The fourth-order valence-electron chi connectivity index (χ4n) is 7.12. The van der Waals surface area contributed by atoms with Crippen molar-refractivity contribution in [2.45, 2.75) is 50.2 Å². The molecule has 4 aliphatic rings. The average Bonchev–Trinajstić information content (AvgIpc) is 3.08. The molecule has 3 aliphatic heterocycles. The van der Waals surface area contributed by atoms with Crippen LogP contribution in [0.5, 0.6) is 5.75 Å². The van der Waals surface area contributed by atoms with Gasteiger partial charge in [0.25, 0.3) is 0 Å². The van der Waals surface area contributed by atoms with E-state index in [1.54, 1.807) is 6.07 Å². The van der Waals surface area contributed by atoms with Crippen molar-refractivity contribution in [1.82, 2.24) is 0 Å². The van der Waals surface area contributed by atoms with Gasteiger partial charge in [-0.1, -0.05) is 49.6 Å². The monoisotopic (exact) mass is 485 g/mol. The van der Waals surface area contributed by atoms with E-state index in [1.165, 1.54) is 17.4 Å². The highest BCUT2D eigenvalue weighted by molar-refractivity contribution is 6.06. The van der Waals surface area contributed by atoms with Gasteiger partial charge in [-0.05, 0) is 37.0 Å². The Morgan fingerprint density at radius 2 is 1.69 bits per heavy atom.